The van der Waals surface area contributed by atoms with E-state index >= 15 is 0 Å². The molecular weight excluding hydrogens is 154 g/mol. The van der Waals surface area contributed by atoms with Crippen LogP contribution in [0.5, 0.6) is 0 Å². The van der Waals surface area contributed by atoms with Gasteiger partial charge < -0.3 is 9.84 Å². The van der Waals surface area contributed by atoms with E-state index in [1.54, 1.807) is 6.92 Å². The summed E-state index contributed by atoms with van der Waals surface area (Å²) in [6.07, 6.45) is 5.09. The predicted octanol–water partition coefficient (Wildman–Crippen LogP) is 1.73. The van der Waals surface area contributed by atoms with Crippen LogP contribution in [-0.2, 0) is 0 Å². The fraction of sp³-hybridized carbons (Fsp3) is 0.750. The van der Waals surface area contributed by atoms with Crippen LogP contribution in [0.1, 0.15) is 31.6 Å². The SMILES string of the molecule is Cc1nc(NC2CCCC2)no1. The van der Waals surface area contributed by atoms with E-state index in [2.05, 4.69) is 15.5 Å². The Morgan fingerprint density at radius 1 is 1.42 bits per heavy atom. The Labute approximate surface area is 71.4 Å². The molecule has 0 aliphatic heterocycles. The lowest BCUT2D eigenvalue weighted by atomic mass is 10.3. The van der Waals surface area contributed by atoms with Crippen molar-refractivity contribution in [1.29, 1.82) is 0 Å². The van der Waals surface area contributed by atoms with Crippen LogP contribution in [-0.4, -0.2) is 16.2 Å². The van der Waals surface area contributed by atoms with Crippen molar-refractivity contribution >= 4 is 5.95 Å². The Kier molecular flexibility index (Phi) is 1.98. The van der Waals surface area contributed by atoms with Gasteiger partial charge in [0, 0.05) is 13.0 Å². The summed E-state index contributed by atoms with van der Waals surface area (Å²) < 4.78 is 4.85. The lowest BCUT2D eigenvalue weighted by molar-refractivity contribution is 0.394. The van der Waals surface area contributed by atoms with E-state index in [0.29, 0.717) is 17.9 Å². The molecule has 4 heteroatoms. The Balaban J connectivity index is 1.94. The molecule has 0 spiro atoms. The maximum atomic E-state index is 4.85. The van der Waals surface area contributed by atoms with Gasteiger partial charge in [0.05, 0.1) is 0 Å². The van der Waals surface area contributed by atoms with Crippen molar-refractivity contribution in [3.63, 3.8) is 0 Å². The van der Waals surface area contributed by atoms with Gasteiger partial charge >= 0.3 is 0 Å². The molecule has 4 nitrogen and oxygen atoms in total. The molecule has 0 bridgehead atoms. The first-order valence-electron chi connectivity index (χ1n) is 4.41. The third-order valence-electron chi connectivity index (χ3n) is 2.22. The normalized spacial score (nSPS) is 18.4. The van der Waals surface area contributed by atoms with E-state index in [0.717, 1.165) is 0 Å². The molecule has 1 heterocycles. The van der Waals surface area contributed by atoms with Crippen LogP contribution in [0.25, 0.3) is 0 Å². The fourth-order valence-corrected chi connectivity index (χ4v) is 1.61. The maximum Gasteiger partial charge on any atom is 0.263 e. The van der Waals surface area contributed by atoms with Crippen LogP contribution in [0, 0.1) is 6.92 Å². The zero-order chi connectivity index (χ0) is 8.39. The largest absolute Gasteiger partial charge is 0.349 e. The lowest BCUT2D eigenvalue weighted by Crippen LogP contribution is -2.15. The Morgan fingerprint density at radius 2 is 2.17 bits per heavy atom. The van der Waals surface area contributed by atoms with E-state index < -0.39 is 0 Å². The Bertz CT molecular complexity index is 253. The number of aryl methyl sites for hydroxylation is 1. The standard InChI is InChI=1S/C8H13N3O/c1-6-9-8(11-12-6)10-7-4-2-3-5-7/h7H,2-5H2,1H3,(H,10,11). The summed E-state index contributed by atoms with van der Waals surface area (Å²) in [5.74, 6) is 1.26. The van der Waals surface area contributed by atoms with E-state index in [-0.39, 0.29) is 0 Å². The van der Waals surface area contributed by atoms with Gasteiger partial charge in [-0.25, -0.2) is 0 Å². The molecule has 1 aromatic rings. The fourth-order valence-electron chi connectivity index (χ4n) is 1.61. The van der Waals surface area contributed by atoms with Gasteiger partial charge in [-0.1, -0.05) is 12.8 Å². The zero-order valence-electron chi connectivity index (χ0n) is 7.21. The molecule has 1 N–H and O–H groups in total. The number of anilines is 1. The minimum atomic E-state index is 0.557. The molecule has 0 saturated heterocycles. The molecule has 1 aliphatic rings. The van der Waals surface area contributed by atoms with Crippen molar-refractivity contribution in [2.24, 2.45) is 0 Å². The van der Waals surface area contributed by atoms with E-state index in [1.807, 2.05) is 0 Å². The minimum Gasteiger partial charge on any atom is -0.349 e. The molecule has 2 rings (SSSR count). The summed E-state index contributed by atoms with van der Waals surface area (Å²) in [4.78, 5) is 4.09. The van der Waals surface area contributed by atoms with Gasteiger partial charge in [-0.3, -0.25) is 0 Å². The van der Waals surface area contributed by atoms with Gasteiger partial charge in [0.25, 0.3) is 5.95 Å². The third-order valence-corrected chi connectivity index (χ3v) is 2.22. The van der Waals surface area contributed by atoms with Crippen molar-refractivity contribution in [2.45, 2.75) is 38.6 Å². The number of hydrogen-bond donors (Lipinski definition) is 1. The number of aromatic nitrogens is 2. The quantitative estimate of drug-likeness (QED) is 0.728. The first-order valence-corrected chi connectivity index (χ1v) is 4.41. The van der Waals surface area contributed by atoms with Gasteiger partial charge in [0.1, 0.15) is 0 Å². The van der Waals surface area contributed by atoms with Gasteiger partial charge in [-0.15, -0.1) is 0 Å². The molecule has 1 fully saturated rings. The highest BCUT2D eigenvalue weighted by molar-refractivity contribution is 5.23. The molecule has 1 aromatic heterocycles. The molecule has 0 radical (unpaired) electrons. The molecule has 12 heavy (non-hydrogen) atoms. The second-order valence-corrected chi connectivity index (χ2v) is 3.26. The van der Waals surface area contributed by atoms with Gasteiger partial charge in [-0.2, -0.15) is 4.98 Å². The average molecular weight is 167 g/mol. The summed E-state index contributed by atoms with van der Waals surface area (Å²) >= 11 is 0. The molecule has 66 valence electrons. The first-order chi connectivity index (χ1) is 5.84. The van der Waals surface area contributed by atoms with Crippen molar-refractivity contribution in [2.75, 3.05) is 5.32 Å². The molecule has 0 atom stereocenters. The summed E-state index contributed by atoms with van der Waals surface area (Å²) in [7, 11) is 0. The van der Waals surface area contributed by atoms with Gasteiger partial charge in [0.2, 0.25) is 5.89 Å². The van der Waals surface area contributed by atoms with Crippen molar-refractivity contribution < 1.29 is 4.52 Å². The van der Waals surface area contributed by atoms with Crippen molar-refractivity contribution in [3.05, 3.63) is 5.89 Å². The Hall–Kier alpha value is -1.06. The molecule has 1 aliphatic carbocycles. The molecule has 0 aromatic carbocycles. The van der Waals surface area contributed by atoms with Gasteiger partial charge in [0.15, 0.2) is 0 Å². The number of rotatable bonds is 2. The zero-order valence-corrected chi connectivity index (χ0v) is 7.21. The van der Waals surface area contributed by atoms with E-state index in [4.69, 9.17) is 4.52 Å². The summed E-state index contributed by atoms with van der Waals surface area (Å²) in [6.45, 7) is 1.80. The van der Waals surface area contributed by atoms with Crippen LogP contribution < -0.4 is 5.32 Å². The second-order valence-electron chi connectivity index (χ2n) is 3.26. The molecule has 1 saturated carbocycles. The van der Waals surface area contributed by atoms with Crippen molar-refractivity contribution in [1.82, 2.24) is 10.1 Å². The highest BCUT2D eigenvalue weighted by Gasteiger charge is 2.16. The Morgan fingerprint density at radius 3 is 2.75 bits per heavy atom. The summed E-state index contributed by atoms with van der Waals surface area (Å²) in [5, 5.41) is 7.03. The highest BCUT2D eigenvalue weighted by Crippen LogP contribution is 2.20. The second kappa shape index (κ2) is 3.13. The lowest BCUT2D eigenvalue weighted by Gasteiger charge is -2.07. The predicted molar refractivity (Wildman–Crippen MR) is 44.9 cm³/mol. The number of nitrogens with zero attached hydrogens (tertiary/aromatic N) is 2. The maximum absolute atomic E-state index is 4.85. The third kappa shape index (κ3) is 1.57. The van der Waals surface area contributed by atoms with Crippen LogP contribution >= 0.6 is 0 Å². The first kappa shape index (κ1) is 7.58. The molecule has 0 unspecified atom stereocenters. The van der Waals surface area contributed by atoms with E-state index in [1.165, 1.54) is 25.7 Å². The monoisotopic (exact) mass is 167 g/mol. The summed E-state index contributed by atoms with van der Waals surface area (Å²) in [6, 6.07) is 0.557. The average Bonchev–Trinajstić information content (AvgIpc) is 2.63. The molecular formula is C8H13N3O. The van der Waals surface area contributed by atoms with Crippen LogP contribution in [0.15, 0.2) is 4.52 Å². The van der Waals surface area contributed by atoms with Crippen molar-refractivity contribution in [3.8, 4) is 0 Å². The number of hydrogen-bond acceptors (Lipinski definition) is 4. The topological polar surface area (TPSA) is 51.0 Å². The molecule has 0 amide bonds. The van der Waals surface area contributed by atoms with Gasteiger partial charge in [-0.05, 0) is 18.0 Å². The minimum absolute atomic E-state index is 0.557. The van der Waals surface area contributed by atoms with Crippen LogP contribution in [0.4, 0.5) is 5.95 Å². The van der Waals surface area contributed by atoms with Crippen LogP contribution in [0.3, 0.4) is 0 Å². The number of nitrogens with one attached hydrogen (secondary N) is 1. The highest BCUT2D eigenvalue weighted by atomic mass is 16.5. The van der Waals surface area contributed by atoms with E-state index in [9.17, 15) is 0 Å². The van der Waals surface area contributed by atoms with Crippen LogP contribution in [0.2, 0.25) is 0 Å². The summed E-state index contributed by atoms with van der Waals surface area (Å²) in [5.41, 5.74) is 0. The smallest absolute Gasteiger partial charge is 0.263 e.